The van der Waals surface area contributed by atoms with Crippen LogP contribution in [0.3, 0.4) is 0 Å². The van der Waals surface area contributed by atoms with Crippen LogP contribution in [0, 0.1) is 0 Å². The van der Waals surface area contributed by atoms with Crippen LogP contribution in [0.2, 0.25) is 0 Å². The van der Waals surface area contributed by atoms with Crippen LogP contribution in [0.15, 0.2) is 29.5 Å². The molecule has 1 aliphatic rings. The number of halogens is 3. The molecular weight excluding hydrogens is 263 g/mol. The Morgan fingerprint density at radius 1 is 1.47 bits per heavy atom. The summed E-state index contributed by atoms with van der Waals surface area (Å²) in [5, 5.41) is 13.2. The predicted octanol–water partition coefficient (Wildman–Crippen LogP) is 1.55. The van der Waals surface area contributed by atoms with E-state index in [1.54, 1.807) is 0 Å². The molecule has 0 fully saturated rings. The molecule has 19 heavy (non-hydrogen) atoms. The Bertz CT molecular complexity index is 530. The zero-order chi connectivity index (χ0) is 14.3. The molecule has 1 amide bonds. The molecule has 1 aromatic heterocycles. The molecule has 0 bridgehead atoms. The Labute approximate surface area is 106 Å². The number of alkyl halides is 3. The smallest absolute Gasteiger partial charge is 0.362 e. The van der Waals surface area contributed by atoms with E-state index in [1.165, 1.54) is 31.3 Å². The molecule has 0 aromatic carbocycles. The first kappa shape index (κ1) is 13.5. The van der Waals surface area contributed by atoms with Crippen LogP contribution in [0.4, 0.5) is 13.2 Å². The van der Waals surface area contributed by atoms with Gasteiger partial charge < -0.3 is 5.11 Å². The quantitative estimate of drug-likeness (QED) is 0.844. The van der Waals surface area contributed by atoms with Gasteiger partial charge in [-0.2, -0.15) is 23.3 Å². The summed E-state index contributed by atoms with van der Waals surface area (Å²) in [7, 11) is 0. The molecular formula is C11H10F3N3O2. The molecule has 0 spiro atoms. The molecule has 102 valence electrons. The monoisotopic (exact) mass is 273 g/mol. The Hall–Kier alpha value is -1.96. The topological polar surface area (TPSA) is 65.8 Å². The number of hydrogen-bond donors (Lipinski definition) is 1. The summed E-state index contributed by atoms with van der Waals surface area (Å²) in [5.74, 6) is -1.10. The minimum atomic E-state index is -5.00. The number of nitrogens with zero attached hydrogens (tertiary/aromatic N) is 3. The van der Waals surface area contributed by atoms with Crippen LogP contribution in [0.5, 0.6) is 0 Å². The number of rotatable bonds is 1. The van der Waals surface area contributed by atoms with Crippen LogP contribution in [0.1, 0.15) is 23.8 Å². The highest BCUT2D eigenvalue weighted by Gasteiger charge is 2.62. The van der Waals surface area contributed by atoms with Crippen molar-refractivity contribution in [3.05, 3.63) is 30.1 Å². The predicted molar refractivity (Wildman–Crippen MR) is 59.1 cm³/mol. The van der Waals surface area contributed by atoms with E-state index in [0.717, 1.165) is 0 Å². The second-order valence-corrected chi connectivity index (χ2v) is 4.16. The average molecular weight is 273 g/mol. The van der Waals surface area contributed by atoms with Crippen LogP contribution in [-0.2, 0) is 0 Å². The summed E-state index contributed by atoms with van der Waals surface area (Å²) in [6.45, 7) is 1.31. The minimum Gasteiger partial charge on any atom is -0.362 e. The van der Waals surface area contributed by atoms with Crippen LogP contribution >= 0.6 is 0 Å². The van der Waals surface area contributed by atoms with E-state index < -0.39 is 24.2 Å². The van der Waals surface area contributed by atoms with Gasteiger partial charge in [0, 0.05) is 18.3 Å². The summed E-state index contributed by atoms with van der Waals surface area (Å²) >= 11 is 0. The van der Waals surface area contributed by atoms with Gasteiger partial charge in [-0.15, -0.1) is 0 Å². The second kappa shape index (κ2) is 4.30. The van der Waals surface area contributed by atoms with Crippen LogP contribution < -0.4 is 0 Å². The highest BCUT2D eigenvalue weighted by atomic mass is 19.4. The number of amides is 1. The Morgan fingerprint density at radius 3 is 2.68 bits per heavy atom. The highest BCUT2D eigenvalue weighted by molar-refractivity contribution is 5.96. The molecule has 2 rings (SSSR count). The molecule has 1 unspecified atom stereocenters. The van der Waals surface area contributed by atoms with Crippen molar-refractivity contribution >= 4 is 11.6 Å². The van der Waals surface area contributed by atoms with Gasteiger partial charge in [-0.05, 0) is 19.1 Å². The standard InChI is InChI=1S/C11H10F3N3O2/c1-7-6-10(19,11(12,13)14)17(16-7)9(18)8-4-2-3-5-15-8/h2-5,19H,6H2,1H3. The zero-order valence-electron chi connectivity index (χ0n) is 9.85. The van der Waals surface area contributed by atoms with Gasteiger partial charge in [0.25, 0.3) is 11.6 Å². The van der Waals surface area contributed by atoms with E-state index in [2.05, 4.69) is 10.1 Å². The number of pyridine rings is 1. The normalized spacial score (nSPS) is 23.4. The third-order valence-corrected chi connectivity index (χ3v) is 2.65. The van der Waals surface area contributed by atoms with Gasteiger partial charge in [0.2, 0.25) is 0 Å². The number of hydrogen-bond acceptors (Lipinski definition) is 4. The van der Waals surface area contributed by atoms with E-state index in [-0.39, 0.29) is 16.4 Å². The Kier molecular flexibility index (Phi) is 3.05. The number of aromatic nitrogens is 1. The van der Waals surface area contributed by atoms with Crippen molar-refractivity contribution in [3.8, 4) is 0 Å². The zero-order valence-corrected chi connectivity index (χ0v) is 9.85. The molecule has 0 saturated carbocycles. The maximum absolute atomic E-state index is 12.9. The van der Waals surface area contributed by atoms with Crippen molar-refractivity contribution in [2.24, 2.45) is 5.10 Å². The largest absolute Gasteiger partial charge is 0.438 e. The Morgan fingerprint density at radius 2 is 2.16 bits per heavy atom. The van der Waals surface area contributed by atoms with Gasteiger partial charge >= 0.3 is 6.18 Å². The Balaban J connectivity index is 2.40. The fourth-order valence-electron chi connectivity index (χ4n) is 1.75. The molecule has 8 heteroatoms. The molecule has 1 aliphatic heterocycles. The first-order valence-corrected chi connectivity index (χ1v) is 5.34. The van der Waals surface area contributed by atoms with E-state index in [9.17, 15) is 23.1 Å². The molecule has 1 N–H and O–H groups in total. The van der Waals surface area contributed by atoms with Gasteiger partial charge in [0.1, 0.15) is 5.69 Å². The van der Waals surface area contributed by atoms with Gasteiger partial charge in [0.05, 0.1) is 0 Å². The number of hydrazone groups is 1. The summed E-state index contributed by atoms with van der Waals surface area (Å²) in [5.41, 5.74) is -3.51. The van der Waals surface area contributed by atoms with Gasteiger partial charge in [-0.25, -0.2) is 0 Å². The van der Waals surface area contributed by atoms with Crippen LogP contribution in [-0.4, -0.2) is 38.6 Å². The third kappa shape index (κ3) is 2.19. The molecule has 5 nitrogen and oxygen atoms in total. The molecule has 0 saturated heterocycles. The van der Waals surface area contributed by atoms with E-state index >= 15 is 0 Å². The van der Waals surface area contributed by atoms with Gasteiger partial charge in [-0.1, -0.05) is 6.07 Å². The van der Waals surface area contributed by atoms with Gasteiger partial charge in [0.15, 0.2) is 0 Å². The lowest BCUT2D eigenvalue weighted by Crippen LogP contribution is -2.56. The van der Waals surface area contributed by atoms with Crippen molar-refractivity contribution in [1.29, 1.82) is 0 Å². The summed E-state index contributed by atoms with van der Waals surface area (Å²) in [4.78, 5) is 15.6. The fraction of sp³-hybridized carbons (Fsp3) is 0.364. The third-order valence-electron chi connectivity index (χ3n) is 2.65. The van der Waals surface area contributed by atoms with E-state index in [1.807, 2.05) is 0 Å². The number of aliphatic hydroxyl groups is 1. The number of carbonyl (C=O) groups is 1. The maximum Gasteiger partial charge on any atom is 0.438 e. The summed E-state index contributed by atoms with van der Waals surface area (Å²) < 4.78 is 38.7. The average Bonchev–Trinajstić information content (AvgIpc) is 2.65. The molecule has 1 aromatic rings. The van der Waals surface area contributed by atoms with Crippen molar-refractivity contribution in [3.63, 3.8) is 0 Å². The van der Waals surface area contributed by atoms with Gasteiger partial charge in [-0.3, -0.25) is 9.78 Å². The minimum absolute atomic E-state index is 0.0177. The molecule has 1 atom stereocenters. The van der Waals surface area contributed by atoms with Crippen molar-refractivity contribution in [2.45, 2.75) is 25.2 Å². The number of carbonyl (C=O) groups excluding carboxylic acids is 1. The first-order chi connectivity index (χ1) is 8.75. The van der Waals surface area contributed by atoms with Crippen LogP contribution in [0.25, 0.3) is 0 Å². The molecule has 0 aliphatic carbocycles. The van der Waals surface area contributed by atoms with Crippen molar-refractivity contribution in [2.75, 3.05) is 0 Å². The lowest BCUT2D eigenvalue weighted by molar-refractivity contribution is -0.297. The van der Waals surface area contributed by atoms with Crippen molar-refractivity contribution in [1.82, 2.24) is 9.99 Å². The molecule has 0 radical (unpaired) electrons. The SMILES string of the molecule is CC1=NN(C(=O)c2ccccn2)C(O)(C(F)(F)F)C1. The summed E-state index contributed by atoms with van der Waals surface area (Å²) in [6.07, 6.45) is -4.50. The second-order valence-electron chi connectivity index (χ2n) is 4.16. The van der Waals surface area contributed by atoms with E-state index in [0.29, 0.717) is 0 Å². The lowest BCUT2D eigenvalue weighted by Gasteiger charge is -2.32. The summed E-state index contributed by atoms with van der Waals surface area (Å²) in [6, 6.07) is 4.23. The first-order valence-electron chi connectivity index (χ1n) is 5.34. The van der Waals surface area contributed by atoms with Crippen molar-refractivity contribution < 1.29 is 23.1 Å². The van der Waals surface area contributed by atoms with E-state index in [4.69, 9.17) is 0 Å². The fourth-order valence-corrected chi connectivity index (χ4v) is 1.75. The lowest BCUT2D eigenvalue weighted by atomic mass is 10.1. The molecule has 2 heterocycles. The maximum atomic E-state index is 12.9. The highest BCUT2D eigenvalue weighted by Crippen LogP contribution is 2.40.